The Kier molecular flexibility index (Phi) is 11.3. The minimum atomic E-state index is -3.85. The molecule has 2 aromatic carbocycles. The summed E-state index contributed by atoms with van der Waals surface area (Å²) in [6, 6.07) is 16.1. The lowest BCUT2D eigenvalue weighted by atomic mass is 9.90. The predicted molar refractivity (Wildman–Crippen MR) is 218 cm³/mol. The highest BCUT2D eigenvalue weighted by molar-refractivity contribution is 7.90. The van der Waals surface area contributed by atoms with Crippen molar-refractivity contribution in [3.63, 3.8) is 0 Å². The SMILES string of the molecule is COc1ccc2c(O[C@@H]3C[C@H]4C(=O)C[C@]5(C(=O)NS(=O)(=O)C6CC6)C[C@H]5/C=C\CCCCC[C@H](CC(=O)N5CC[C@H](N)C5)C(=O)N4C3)cc(-c3ccccc3)nc2c1. The number of Topliss-reactive ketones (excluding diaryl/α,β-unsaturated/α-hetero) is 1. The quantitative estimate of drug-likeness (QED) is 0.282. The van der Waals surface area contributed by atoms with Gasteiger partial charge in [0, 0.05) is 67.4 Å². The van der Waals surface area contributed by atoms with Crippen LogP contribution in [0, 0.1) is 17.3 Å². The van der Waals surface area contributed by atoms with Crippen LogP contribution in [0.4, 0.5) is 0 Å². The summed E-state index contributed by atoms with van der Waals surface area (Å²) in [4.78, 5) is 65.3. The van der Waals surface area contributed by atoms with Crippen LogP contribution in [-0.2, 0) is 29.2 Å². The number of amides is 3. The van der Waals surface area contributed by atoms with Crippen molar-refractivity contribution in [2.75, 3.05) is 26.7 Å². The summed E-state index contributed by atoms with van der Waals surface area (Å²) in [5, 5.41) is 0.137. The van der Waals surface area contributed by atoms with Crippen molar-refractivity contribution in [1.82, 2.24) is 19.5 Å². The number of allylic oxidation sites excluding steroid dienone is 2. The van der Waals surface area contributed by atoms with Gasteiger partial charge in [-0.2, -0.15) is 0 Å². The smallest absolute Gasteiger partial charge is 0.240 e. The largest absolute Gasteiger partial charge is 0.497 e. The van der Waals surface area contributed by atoms with Crippen LogP contribution in [0.1, 0.15) is 77.0 Å². The van der Waals surface area contributed by atoms with Crippen molar-refractivity contribution in [2.24, 2.45) is 23.0 Å². The molecule has 4 fully saturated rings. The molecule has 0 bridgehead atoms. The average molecular weight is 812 g/mol. The third-order valence-corrected chi connectivity index (χ3v) is 14.5. The van der Waals surface area contributed by atoms with E-state index in [1.807, 2.05) is 66.7 Å². The normalized spacial score (nSPS) is 28.6. The molecule has 3 amide bonds. The standard InChI is InChI=1S/C44H53N5O8S/c1-56-32-14-17-35-37(21-32)46-36(28-10-7-5-8-11-28)23-40(35)57-33-22-38-39(50)25-44(43(53)47-58(54,55)34-15-16-34)24-30(44)13-9-4-2-3-6-12-29(42(52)49(38)27-33)20-41(51)48-19-18-31(45)26-48/h5,7-11,13-14,17,21,23,29-31,33-34,38H,2-4,6,12,15-16,18-20,22,24-27,45H2,1H3,(H,47,53)/b13-9-/t29-,30-,31+,33-,38+,44-/m1/s1. The molecule has 3 N–H and O–H groups in total. The van der Waals surface area contributed by atoms with Crippen LogP contribution in [0.25, 0.3) is 22.2 Å². The van der Waals surface area contributed by atoms with E-state index in [9.17, 15) is 27.6 Å². The molecule has 0 radical (unpaired) electrons. The Balaban J connectivity index is 1.12. The van der Waals surface area contributed by atoms with Crippen LogP contribution in [0.2, 0.25) is 0 Å². The first-order valence-electron chi connectivity index (χ1n) is 20.7. The van der Waals surface area contributed by atoms with E-state index in [0.717, 1.165) is 36.6 Å². The lowest BCUT2D eigenvalue weighted by Crippen LogP contribution is -2.47. The van der Waals surface area contributed by atoms with Crippen LogP contribution in [-0.4, -0.2) is 96.9 Å². The van der Waals surface area contributed by atoms with Crippen molar-refractivity contribution in [3.05, 3.63) is 66.7 Å². The monoisotopic (exact) mass is 811 g/mol. The number of hydrogen-bond donors (Lipinski definition) is 2. The second kappa shape index (κ2) is 16.4. The maximum Gasteiger partial charge on any atom is 0.240 e. The van der Waals surface area contributed by atoms with E-state index in [-0.39, 0.29) is 55.4 Å². The van der Waals surface area contributed by atoms with Crippen LogP contribution < -0.4 is 19.9 Å². The molecular formula is C44H53N5O8S. The van der Waals surface area contributed by atoms with E-state index in [0.29, 0.717) is 67.9 Å². The van der Waals surface area contributed by atoms with Crippen molar-refractivity contribution < 1.29 is 37.1 Å². The van der Waals surface area contributed by atoms with Crippen molar-refractivity contribution in [1.29, 1.82) is 0 Å². The van der Waals surface area contributed by atoms with Crippen LogP contribution in [0.3, 0.4) is 0 Å². The number of carbonyl (C=O) groups is 4. The van der Waals surface area contributed by atoms with Crippen molar-refractivity contribution in [3.8, 4) is 22.8 Å². The molecule has 14 heteroatoms. The van der Waals surface area contributed by atoms with E-state index < -0.39 is 44.7 Å². The molecule has 5 aliphatic rings. The molecule has 3 aromatic rings. The molecule has 2 saturated heterocycles. The zero-order valence-corrected chi connectivity index (χ0v) is 33.8. The Bertz CT molecular complexity index is 2210. The van der Waals surface area contributed by atoms with Gasteiger partial charge in [-0.3, -0.25) is 23.9 Å². The van der Waals surface area contributed by atoms with Gasteiger partial charge in [0.05, 0.1) is 41.6 Å². The van der Waals surface area contributed by atoms with Crippen LogP contribution >= 0.6 is 0 Å². The van der Waals surface area contributed by atoms with E-state index in [1.165, 1.54) is 0 Å². The molecule has 2 saturated carbocycles. The number of ketones is 1. The number of nitrogens with zero attached hydrogens (tertiary/aromatic N) is 3. The summed E-state index contributed by atoms with van der Waals surface area (Å²) in [6.07, 6.45) is 9.02. The number of hydrogen-bond acceptors (Lipinski definition) is 10. The number of aromatic nitrogens is 1. The van der Waals surface area contributed by atoms with Gasteiger partial charge in [-0.15, -0.1) is 0 Å². The molecule has 1 aromatic heterocycles. The fraction of sp³-hybridized carbons (Fsp3) is 0.523. The highest BCUT2D eigenvalue weighted by Crippen LogP contribution is 2.57. The first-order valence-corrected chi connectivity index (χ1v) is 22.3. The topological polar surface area (TPSA) is 178 Å². The van der Waals surface area contributed by atoms with E-state index in [1.54, 1.807) is 16.9 Å². The number of ether oxygens (including phenoxy) is 2. The van der Waals surface area contributed by atoms with Gasteiger partial charge in [-0.1, -0.05) is 55.3 Å². The summed E-state index contributed by atoms with van der Waals surface area (Å²) >= 11 is 0. The minimum Gasteiger partial charge on any atom is -0.497 e. The van der Waals surface area contributed by atoms with E-state index >= 15 is 0 Å². The maximum absolute atomic E-state index is 14.8. The average Bonchev–Trinajstić information content (AvgIpc) is 4.11. The number of sulfonamides is 1. The molecule has 4 heterocycles. The predicted octanol–water partition coefficient (Wildman–Crippen LogP) is 4.92. The van der Waals surface area contributed by atoms with Crippen molar-refractivity contribution in [2.45, 2.75) is 100 Å². The summed E-state index contributed by atoms with van der Waals surface area (Å²) in [5.41, 5.74) is 7.11. The molecule has 0 unspecified atom stereocenters. The molecule has 58 heavy (non-hydrogen) atoms. The number of benzene rings is 2. The van der Waals surface area contributed by atoms with E-state index in [2.05, 4.69) is 4.72 Å². The highest BCUT2D eigenvalue weighted by Gasteiger charge is 2.61. The Morgan fingerprint density at radius 2 is 1.81 bits per heavy atom. The summed E-state index contributed by atoms with van der Waals surface area (Å²) < 4.78 is 40.5. The molecule has 308 valence electrons. The van der Waals surface area contributed by atoms with E-state index in [4.69, 9.17) is 20.2 Å². The van der Waals surface area contributed by atoms with Gasteiger partial charge < -0.3 is 25.0 Å². The number of rotatable bonds is 9. The van der Waals surface area contributed by atoms with Gasteiger partial charge in [0.25, 0.3) is 0 Å². The van der Waals surface area contributed by atoms with Gasteiger partial charge in [0.1, 0.15) is 17.6 Å². The second-order valence-corrected chi connectivity index (χ2v) is 18.8. The summed E-state index contributed by atoms with van der Waals surface area (Å²) in [6.45, 7) is 1.09. The van der Waals surface area contributed by atoms with Gasteiger partial charge in [-0.05, 0) is 63.0 Å². The summed E-state index contributed by atoms with van der Waals surface area (Å²) in [5.74, 6) is -1.19. The lowest BCUT2D eigenvalue weighted by molar-refractivity contribution is -0.145. The Morgan fingerprint density at radius 3 is 2.55 bits per heavy atom. The lowest BCUT2D eigenvalue weighted by Gasteiger charge is -2.29. The second-order valence-electron chi connectivity index (χ2n) is 16.9. The Morgan fingerprint density at radius 1 is 1.00 bits per heavy atom. The number of likely N-dealkylation sites (tertiary alicyclic amines) is 1. The molecule has 13 nitrogen and oxygen atoms in total. The fourth-order valence-corrected chi connectivity index (χ4v) is 10.4. The third-order valence-electron chi connectivity index (χ3n) is 12.7. The van der Waals surface area contributed by atoms with Gasteiger partial charge in [-0.25, -0.2) is 13.4 Å². The fourth-order valence-electron chi connectivity index (χ4n) is 9.01. The molecule has 0 spiro atoms. The Labute approximate surface area is 339 Å². The first-order chi connectivity index (χ1) is 27.9. The van der Waals surface area contributed by atoms with Gasteiger partial charge >= 0.3 is 0 Å². The number of pyridine rings is 1. The van der Waals surface area contributed by atoms with Gasteiger partial charge in [0.2, 0.25) is 27.7 Å². The first kappa shape index (κ1) is 40.0. The number of carbonyl (C=O) groups excluding carboxylic acids is 4. The molecule has 2 aliphatic carbocycles. The summed E-state index contributed by atoms with van der Waals surface area (Å²) in [7, 11) is -2.26. The number of nitrogens with one attached hydrogen (secondary N) is 1. The Hall–Kier alpha value is -4.82. The maximum atomic E-state index is 14.8. The number of nitrogens with two attached hydrogens (primary N) is 1. The van der Waals surface area contributed by atoms with Crippen LogP contribution in [0.5, 0.6) is 11.5 Å². The highest BCUT2D eigenvalue weighted by atomic mass is 32.2. The number of methoxy groups -OCH3 is 1. The molecule has 8 rings (SSSR count). The molecule has 6 atom stereocenters. The zero-order valence-electron chi connectivity index (χ0n) is 33.0. The third kappa shape index (κ3) is 8.49. The number of fused-ring (bicyclic) bond motifs is 3. The zero-order chi connectivity index (χ0) is 40.6. The minimum absolute atomic E-state index is 0.0130. The molecule has 3 aliphatic heterocycles. The van der Waals surface area contributed by atoms with Crippen molar-refractivity contribution >= 4 is 44.4 Å². The van der Waals surface area contributed by atoms with Gasteiger partial charge in [0.15, 0.2) is 5.78 Å². The van der Waals surface area contributed by atoms with Crippen LogP contribution in [0.15, 0.2) is 66.7 Å². The molecular weight excluding hydrogens is 759 g/mol.